The summed E-state index contributed by atoms with van der Waals surface area (Å²) in [5.41, 5.74) is -2.17. The lowest BCUT2D eigenvalue weighted by Gasteiger charge is -2.54. The number of nitrogens with zero attached hydrogens (tertiary/aromatic N) is 9. The molecule has 7 aliphatic rings. The number of nitrogens with one attached hydrogen (secondary N) is 3. The van der Waals surface area contributed by atoms with Crippen molar-refractivity contribution in [2.75, 3.05) is 102 Å². The minimum Gasteiger partial charge on any atom is -0.382 e. The Labute approximate surface area is 647 Å². The van der Waals surface area contributed by atoms with Gasteiger partial charge in [0.05, 0.1) is 43.5 Å². The van der Waals surface area contributed by atoms with Crippen LogP contribution in [0.1, 0.15) is 190 Å². The number of amides is 12. The smallest absolute Gasteiger partial charge is 0.382 e. The molecule has 7 rings (SSSR count). The van der Waals surface area contributed by atoms with Gasteiger partial charge < -0.3 is 69.5 Å². The second-order valence-electron chi connectivity index (χ2n) is 32.6. The first-order valence-electron chi connectivity index (χ1n) is 39.3. The van der Waals surface area contributed by atoms with Crippen LogP contribution in [0.2, 0.25) is 0 Å². The number of hydrogen-bond donors (Lipinski definition) is 3. The van der Waals surface area contributed by atoms with Crippen LogP contribution in [0.4, 0.5) is 13.2 Å². The molecule has 3 N–H and O–H groups in total. The Morgan fingerprint density at radius 2 is 1.29 bits per heavy atom. The van der Waals surface area contributed by atoms with Crippen LogP contribution in [-0.2, 0) is 67.0 Å². The maximum atomic E-state index is 15.9. The van der Waals surface area contributed by atoms with Gasteiger partial charge >= 0.3 is 6.18 Å². The molecule has 13 atom stereocenters. The molecule has 3 aliphatic carbocycles. The Morgan fingerprint density at radius 1 is 0.648 bits per heavy atom. The van der Waals surface area contributed by atoms with E-state index in [0.717, 1.165) is 21.1 Å². The highest BCUT2D eigenvalue weighted by Crippen LogP contribution is 2.50. The molecular formula is C77H123Cl2F3N12O14. The van der Waals surface area contributed by atoms with Gasteiger partial charge in [0, 0.05) is 94.0 Å². The second kappa shape index (κ2) is 39.2. The van der Waals surface area contributed by atoms with E-state index in [2.05, 4.69) is 16.0 Å². The summed E-state index contributed by atoms with van der Waals surface area (Å²) in [4.78, 5) is 195. The lowest BCUT2D eigenvalue weighted by atomic mass is 9.58. The van der Waals surface area contributed by atoms with Crippen LogP contribution in [0.5, 0.6) is 0 Å². The van der Waals surface area contributed by atoms with E-state index in [1.54, 1.807) is 37.8 Å². The average molecular weight is 1570 g/mol. The highest BCUT2D eigenvalue weighted by atomic mass is 35.5. The van der Waals surface area contributed by atoms with Crippen molar-refractivity contribution in [3.05, 3.63) is 12.2 Å². The lowest BCUT2D eigenvalue weighted by molar-refractivity contribution is -0.184. The predicted molar refractivity (Wildman–Crippen MR) is 401 cm³/mol. The Hall–Kier alpha value is -6.33. The number of ether oxygens (including phenoxy) is 2. The lowest BCUT2D eigenvalue weighted by Crippen LogP contribution is -2.71. The van der Waals surface area contributed by atoms with Gasteiger partial charge in [-0.3, -0.25) is 57.5 Å². The number of halogens is 5. The third kappa shape index (κ3) is 21.9. The number of methoxy groups -OCH3 is 1. The molecule has 0 aromatic rings. The first-order valence-corrected chi connectivity index (χ1v) is 40.2. The fourth-order valence-electron chi connectivity index (χ4n) is 17.6. The number of fused-ring (bicyclic) bond motifs is 3. The van der Waals surface area contributed by atoms with Gasteiger partial charge in [-0.05, 0) is 145 Å². The predicted octanol–water partition coefficient (Wildman–Crippen LogP) is 6.51. The van der Waals surface area contributed by atoms with E-state index >= 15 is 38.4 Å². The van der Waals surface area contributed by atoms with E-state index in [1.165, 1.54) is 73.9 Å². The largest absolute Gasteiger partial charge is 0.391 e. The van der Waals surface area contributed by atoms with Crippen molar-refractivity contribution in [1.82, 2.24) is 60.0 Å². The summed E-state index contributed by atoms with van der Waals surface area (Å²) in [7, 11) is 9.66. The van der Waals surface area contributed by atoms with Crippen molar-refractivity contribution >= 4 is 94.1 Å². The number of piperidine rings is 1. The van der Waals surface area contributed by atoms with Gasteiger partial charge in [0.15, 0.2) is 0 Å². The molecule has 108 heavy (non-hydrogen) atoms. The van der Waals surface area contributed by atoms with E-state index in [9.17, 15) is 32.3 Å². The van der Waals surface area contributed by atoms with Crippen molar-refractivity contribution < 1.29 is 80.2 Å². The Balaban J connectivity index is 1.34. The average Bonchev–Trinajstić information content (AvgIpc) is 0.866. The summed E-state index contributed by atoms with van der Waals surface area (Å²) in [6.07, 6.45) is 3.27. The molecule has 0 radical (unpaired) electrons. The number of likely N-dealkylation sites (tertiary alicyclic amines) is 1. The number of likely N-dealkylation sites (N-methyl/N-ethyl adjacent to an activating group) is 6. The topological polar surface area (TPSA) is 289 Å². The standard InChI is InChI=1S/C77H123Cl2F3N12O14/c1-15-47(5)64-72(104)87(9)43-63(97)88(10)56-25-21-19-24-36-93(71(56)103)59(38-49-26-30-51(31-27-49)77(80,81)82)69(101)86(8)42-61(95)83-55(33-29-48-28-32-53(78)54(79)37-48)68(100)94-41-52(108-18-4)39-57(94)67(99)85-76(45-75(6,7)46-76)74(106)91(13)65(50(16-2)17-3)73(105)90(12)58(70(102)92-34-22-20-23-35-92)40-62(96)89(11)60(44-107-14)66(98)84-64/h19,21,47-60,64-65H,15-18,20,22-46H2,1-14H3,(H,83,95)(H,84,98)(H,85,99)/b21-19-/t47-,48?,49?,51?,52+,53?,54?,55-,56-,57-,58-,59-,60-,64-,65-/m0/s1. The van der Waals surface area contributed by atoms with Crippen LogP contribution in [0.25, 0.3) is 0 Å². The quantitative estimate of drug-likeness (QED) is 0.116. The molecule has 610 valence electrons. The van der Waals surface area contributed by atoms with Crippen molar-refractivity contribution in [1.29, 1.82) is 0 Å². The zero-order valence-corrected chi connectivity index (χ0v) is 67.7. The second-order valence-corrected chi connectivity index (χ2v) is 33.7. The van der Waals surface area contributed by atoms with Gasteiger partial charge in [-0.25, -0.2) is 0 Å². The van der Waals surface area contributed by atoms with Crippen LogP contribution >= 0.6 is 23.2 Å². The van der Waals surface area contributed by atoms with Crippen molar-refractivity contribution in [3.63, 3.8) is 0 Å². The molecule has 4 aliphatic heterocycles. The fraction of sp³-hybridized carbons (Fsp3) is 0.818. The summed E-state index contributed by atoms with van der Waals surface area (Å²) in [5.74, 6) is -11.5. The van der Waals surface area contributed by atoms with E-state index in [-0.39, 0.29) is 114 Å². The van der Waals surface area contributed by atoms with Crippen LogP contribution in [-0.4, -0.2) is 294 Å². The number of rotatable bonds is 15. The summed E-state index contributed by atoms with van der Waals surface area (Å²) in [5, 5.41) is 8.19. The molecule has 31 heteroatoms. The Kier molecular flexibility index (Phi) is 32.3. The fourth-order valence-corrected chi connectivity index (χ4v) is 18.2. The molecule has 0 aromatic heterocycles. The number of carbonyl (C=O) groups excluding carboxylic acids is 12. The third-order valence-electron chi connectivity index (χ3n) is 24.3. The monoisotopic (exact) mass is 1570 g/mol. The molecule has 3 saturated carbocycles. The molecule has 26 nitrogen and oxygen atoms in total. The zero-order valence-electron chi connectivity index (χ0n) is 66.2. The highest BCUT2D eigenvalue weighted by molar-refractivity contribution is 6.30. The molecule has 4 heterocycles. The minimum absolute atomic E-state index is 0.0122. The van der Waals surface area contributed by atoms with Gasteiger partial charge in [-0.15, -0.1) is 23.2 Å². The zero-order chi connectivity index (χ0) is 80.0. The normalized spacial score (nSPS) is 31.6. The first-order chi connectivity index (χ1) is 50.9. The van der Waals surface area contributed by atoms with Crippen LogP contribution < -0.4 is 16.0 Å². The molecule has 3 unspecified atom stereocenters. The van der Waals surface area contributed by atoms with Crippen molar-refractivity contribution in [3.8, 4) is 0 Å². The minimum atomic E-state index is -4.45. The number of alkyl halides is 5. The summed E-state index contributed by atoms with van der Waals surface area (Å²) in [6.45, 7) is 12.0. The number of carbonyl (C=O) groups is 12. The highest BCUT2D eigenvalue weighted by Gasteiger charge is 2.59. The molecule has 12 amide bonds. The van der Waals surface area contributed by atoms with Crippen molar-refractivity contribution in [2.24, 2.45) is 35.0 Å². The molecular weight excluding hydrogens is 1440 g/mol. The van der Waals surface area contributed by atoms with Crippen LogP contribution in [0.3, 0.4) is 0 Å². The van der Waals surface area contributed by atoms with Gasteiger partial charge in [-0.2, -0.15) is 13.2 Å². The van der Waals surface area contributed by atoms with Gasteiger partial charge in [0.25, 0.3) is 0 Å². The summed E-state index contributed by atoms with van der Waals surface area (Å²) >= 11 is 13.3. The van der Waals surface area contributed by atoms with E-state index in [4.69, 9.17) is 32.7 Å². The van der Waals surface area contributed by atoms with Crippen LogP contribution in [0.15, 0.2) is 12.2 Å². The van der Waals surface area contributed by atoms with Gasteiger partial charge in [0.1, 0.15) is 53.9 Å². The maximum Gasteiger partial charge on any atom is 0.391 e. The van der Waals surface area contributed by atoms with Gasteiger partial charge in [0.2, 0.25) is 70.9 Å². The summed E-state index contributed by atoms with van der Waals surface area (Å²) < 4.78 is 54.2. The summed E-state index contributed by atoms with van der Waals surface area (Å²) in [6, 6.07) is -10.7. The molecule has 3 saturated heterocycles. The molecule has 6 fully saturated rings. The van der Waals surface area contributed by atoms with E-state index in [0.29, 0.717) is 70.9 Å². The Bertz CT molecular complexity index is 3200. The van der Waals surface area contributed by atoms with Crippen molar-refractivity contribution in [2.45, 2.75) is 267 Å². The van der Waals surface area contributed by atoms with E-state index in [1.807, 2.05) is 27.7 Å². The molecule has 0 aromatic carbocycles. The van der Waals surface area contributed by atoms with Gasteiger partial charge in [-0.1, -0.05) is 73.0 Å². The number of hydrogen-bond acceptors (Lipinski definition) is 14. The van der Waals surface area contributed by atoms with Crippen LogP contribution in [0, 0.1) is 35.0 Å². The van der Waals surface area contributed by atoms with E-state index < -0.39 is 186 Å². The maximum absolute atomic E-state index is 15.9. The Morgan fingerprint density at radius 3 is 1.88 bits per heavy atom. The third-order valence-corrected chi connectivity index (χ3v) is 25.4. The SMILES string of the molecule is CCO[C@@H]1C[C@H]2C(=O)NC3(CC(C)(C)C3)C(=O)N(C)[C@@H](C(CC)CC)C(=O)N(C)[C@H](C(=O)N3CCCCC3)CC(=O)N(C)[C@@H](COC)C(=O)N[C@@H]([C@@H](C)CC)C(=O)N(C)CC(=O)N(C)[C@H]3C/C=C\CCN(C3=O)[C@@H](CC3CCC(C(F)(F)F)CC3)C(=O)N(C)CC(=O)N[C@@H](CCC3CCC(Cl)C(Cl)C3)C(=O)N2C1. The molecule has 2 bridgehead atoms. The first kappa shape index (κ1) is 88.9. The molecule has 1 spiro atoms.